The summed E-state index contributed by atoms with van der Waals surface area (Å²) in [6.07, 6.45) is 6.41. The molecule has 0 saturated heterocycles. The molecule has 1 aliphatic carbocycles. The maximum Gasteiger partial charge on any atom is 0.218 e. The third kappa shape index (κ3) is 4.73. The fraction of sp³-hybridized carbons (Fsp3) is 0.400. The normalized spacial score (nSPS) is 14.0. The molecule has 1 aromatic heterocycles. The average Bonchev–Trinajstić information content (AvgIpc) is 2.68. The Hall–Kier alpha value is -2.60. The van der Waals surface area contributed by atoms with E-state index in [4.69, 9.17) is 15.2 Å². The van der Waals surface area contributed by atoms with E-state index in [9.17, 15) is 0 Å². The number of anilines is 1. The fourth-order valence-electron chi connectivity index (χ4n) is 3.14. The highest BCUT2D eigenvalue weighted by molar-refractivity contribution is 5.93. The summed E-state index contributed by atoms with van der Waals surface area (Å²) < 4.78 is 10.6. The first-order valence-corrected chi connectivity index (χ1v) is 9.01. The summed E-state index contributed by atoms with van der Waals surface area (Å²) in [6.45, 7) is 1.38. The van der Waals surface area contributed by atoms with Crippen molar-refractivity contribution >= 4 is 11.6 Å². The molecule has 3 N–H and O–H groups in total. The van der Waals surface area contributed by atoms with Crippen molar-refractivity contribution in [1.29, 1.82) is 0 Å². The van der Waals surface area contributed by atoms with Crippen molar-refractivity contribution in [3.8, 4) is 5.88 Å². The number of nitrogens with zero attached hydrogens (tertiary/aromatic N) is 2. The van der Waals surface area contributed by atoms with E-state index in [1.807, 2.05) is 12.1 Å². The summed E-state index contributed by atoms with van der Waals surface area (Å²) in [5, 5.41) is 3.26. The zero-order chi connectivity index (χ0) is 18.2. The van der Waals surface area contributed by atoms with Gasteiger partial charge in [0.2, 0.25) is 5.88 Å². The number of fused-ring (bicyclic) bond motifs is 1. The molecule has 0 bridgehead atoms. The first-order valence-electron chi connectivity index (χ1n) is 9.01. The minimum Gasteiger partial charge on any atom is -0.475 e. The van der Waals surface area contributed by atoms with Gasteiger partial charge in [0.15, 0.2) is 5.96 Å². The van der Waals surface area contributed by atoms with Gasteiger partial charge >= 0.3 is 0 Å². The predicted octanol–water partition coefficient (Wildman–Crippen LogP) is 2.91. The molecule has 0 saturated carbocycles. The number of nitrogens with one attached hydrogen (secondary N) is 1. The van der Waals surface area contributed by atoms with Crippen LogP contribution in [0.15, 0.2) is 41.5 Å². The van der Waals surface area contributed by atoms with E-state index in [-0.39, 0.29) is 0 Å². The number of aliphatic imine (C=N–C) groups is 1. The zero-order valence-corrected chi connectivity index (χ0v) is 15.2. The summed E-state index contributed by atoms with van der Waals surface area (Å²) in [7, 11) is 1.64. The first-order chi connectivity index (χ1) is 12.8. The molecule has 3 rings (SSSR count). The lowest BCUT2D eigenvalue weighted by Crippen LogP contribution is -2.24. The molecule has 0 amide bonds. The molecule has 138 valence electrons. The van der Waals surface area contributed by atoms with Gasteiger partial charge in [0.1, 0.15) is 6.61 Å². The van der Waals surface area contributed by atoms with Gasteiger partial charge in [0, 0.05) is 24.6 Å². The van der Waals surface area contributed by atoms with Crippen molar-refractivity contribution in [3.63, 3.8) is 0 Å². The van der Waals surface area contributed by atoms with Gasteiger partial charge in [-0.1, -0.05) is 18.2 Å². The van der Waals surface area contributed by atoms with Gasteiger partial charge in [-0.15, -0.1) is 0 Å². The molecule has 0 fully saturated rings. The monoisotopic (exact) mass is 354 g/mol. The Kier molecular flexibility index (Phi) is 6.44. The fourth-order valence-corrected chi connectivity index (χ4v) is 3.14. The lowest BCUT2D eigenvalue weighted by molar-refractivity contribution is 0.143. The van der Waals surface area contributed by atoms with E-state index in [2.05, 4.69) is 33.5 Å². The predicted molar refractivity (Wildman–Crippen MR) is 104 cm³/mol. The van der Waals surface area contributed by atoms with Crippen LogP contribution in [0.4, 0.5) is 5.69 Å². The number of guanidine groups is 1. The molecule has 0 spiro atoms. The second kappa shape index (κ2) is 9.20. The molecule has 6 heteroatoms. The van der Waals surface area contributed by atoms with Gasteiger partial charge in [-0.3, -0.25) is 0 Å². The summed E-state index contributed by atoms with van der Waals surface area (Å²) in [6, 6.07) is 10.1. The first kappa shape index (κ1) is 18.2. The second-order valence-corrected chi connectivity index (χ2v) is 6.29. The second-order valence-electron chi connectivity index (χ2n) is 6.29. The number of hydrogen-bond donors (Lipinski definition) is 2. The zero-order valence-electron chi connectivity index (χ0n) is 15.2. The molecule has 1 aliphatic rings. The van der Waals surface area contributed by atoms with Crippen LogP contribution >= 0.6 is 0 Å². The number of aryl methyl sites for hydroxylation is 1. The summed E-state index contributed by atoms with van der Waals surface area (Å²) in [5.74, 6) is 0.967. The maximum atomic E-state index is 6.12. The van der Waals surface area contributed by atoms with Crippen LogP contribution in [0.3, 0.4) is 0 Å². The van der Waals surface area contributed by atoms with Gasteiger partial charge in [-0.25, -0.2) is 9.98 Å². The third-order valence-corrected chi connectivity index (χ3v) is 4.45. The van der Waals surface area contributed by atoms with E-state index in [1.165, 1.54) is 24.0 Å². The van der Waals surface area contributed by atoms with Crippen LogP contribution in [0.1, 0.15) is 29.5 Å². The summed E-state index contributed by atoms with van der Waals surface area (Å²) in [5.41, 5.74) is 10.8. The molecule has 2 aromatic rings. The standard InChI is InChI=1S/C20H26N4O2/c1-25-12-13-26-19-16(8-5-11-22-19)14-23-20(21)24-18-10-4-7-15-6-2-3-9-17(15)18/h4-5,7-8,10-11H,2-3,6,9,12-14H2,1H3,(H3,21,23,24). The summed E-state index contributed by atoms with van der Waals surface area (Å²) >= 11 is 0. The minimum absolute atomic E-state index is 0.399. The Morgan fingerprint density at radius 1 is 1.19 bits per heavy atom. The van der Waals surface area contributed by atoms with Gasteiger partial charge in [0.05, 0.1) is 13.2 Å². The highest BCUT2D eigenvalue weighted by Crippen LogP contribution is 2.27. The van der Waals surface area contributed by atoms with Crippen LogP contribution in [0.5, 0.6) is 5.88 Å². The van der Waals surface area contributed by atoms with Gasteiger partial charge in [-0.05, 0) is 48.9 Å². The molecular weight excluding hydrogens is 328 g/mol. The number of aromatic nitrogens is 1. The molecule has 26 heavy (non-hydrogen) atoms. The largest absolute Gasteiger partial charge is 0.475 e. The number of nitrogens with two attached hydrogens (primary N) is 1. The van der Waals surface area contributed by atoms with Gasteiger partial charge < -0.3 is 20.5 Å². The Balaban J connectivity index is 1.66. The van der Waals surface area contributed by atoms with Crippen LogP contribution in [0, 0.1) is 0 Å². The van der Waals surface area contributed by atoms with Gasteiger partial charge in [0.25, 0.3) is 0 Å². The molecule has 0 atom stereocenters. The maximum absolute atomic E-state index is 6.12. The van der Waals surface area contributed by atoms with E-state index < -0.39 is 0 Å². The van der Waals surface area contributed by atoms with E-state index in [1.54, 1.807) is 13.3 Å². The van der Waals surface area contributed by atoms with E-state index in [0.29, 0.717) is 31.6 Å². The van der Waals surface area contributed by atoms with Crippen molar-refractivity contribution in [3.05, 3.63) is 53.2 Å². The topological polar surface area (TPSA) is 81.8 Å². The number of hydrogen-bond acceptors (Lipinski definition) is 4. The quantitative estimate of drug-likeness (QED) is 0.454. The molecule has 0 radical (unpaired) electrons. The smallest absolute Gasteiger partial charge is 0.218 e. The third-order valence-electron chi connectivity index (χ3n) is 4.45. The van der Waals surface area contributed by atoms with E-state index >= 15 is 0 Å². The molecular formula is C20H26N4O2. The number of methoxy groups -OCH3 is 1. The molecule has 6 nitrogen and oxygen atoms in total. The Morgan fingerprint density at radius 2 is 2.08 bits per heavy atom. The van der Waals surface area contributed by atoms with Crippen LogP contribution in [0.2, 0.25) is 0 Å². The van der Waals surface area contributed by atoms with Crippen LogP contribution in [-0.2, 0) is 24.1 Å². The molecule has 1 aromatic carbocycles. The minimum atomic E-state index is 0.399. The van der Waals surface area contributed by atoms with E-state index in [0.717, 1.165) is 24.1 Å². The molecule has 0 unspecified atom stereocenters. The van der Waals surface area contributed by atoms with Crippen LogP contribution < -0.4 is 15.8 Å². The SMILES string of the molecule is COCCOc1ncccc1CN=C(N)Nc1cccc2c1CCCC2. The van der Waals surface area contributed by atoms with Gasteiger partial charge in [-0.2, -0.15) is 0 Å². The van der Waals surface area contributed by atoms with Crippen molar-refractivity contribution < 1.29 is 9.47 Å². The lowest BCUT2D eigenvalue weighted by Gasteiger charge is -2.19. The van der Waals surface area contributed by atoms with Crippen molar-refractivity contribution in [1.82, 2.24) is 4.98 Å². The Labute approximate surface area is 154 Å². The highest BCUT2D eigenvalue weighted by Gasteiger charge is 2.13. The Morgan fingerprint density at radius 3 is 2.96 bits per heavy atom. The van der Waals surface area contributed by atoms with Crippen molar-refractivity contribution in [2.45, 2.75) is 32.2 Å². The molecule has 0 aliphatic heterocycles. The Bertz CT molecular complexity index is 761. The highest BCUT2D eigenvalue weighted by atomic mass is 16.5. The van der Waals surface area contributed by atoms with Crippen molar-refractivity contribution in [2.24, 2.45) is 10.7 Å². The number of ether oxygens (including phenoxy) is 2. The lowest BCUT2D eigenvalue weighted by atomic mass is 9.90. The van der Waals surface area contributed by atoms with Crippen LogP contribution in [0.25, 0.3) is 0 Å². The van der Waals surface area contributed by atoms with Crippen molar-refractivity contribution in [2.75, 3.05) is 25.6 Å². The average molecular weight is 354 g/mol. The summed E-state index contributed by atoms with van der Waals surface area (Å²) in [4.78, 5) is 8.72. The van der Waals surface area contributed by atoms with Crippen LogP contribution in [-0.4, -0.2) is 31.3 Å². The number of rotatable bonds is 7. The number of benzene rings is 1. The number of pyridine rings is 1. The molecule has 1 heterocycles.